The first-order valence-electron chi connectivity index (χ1n) is 6.17. The zero-order valence-corrected chi connectivity index (χ0v) is 10.4. The summed E-state index contributed by atoms with van der Waals surface area (Å²) in [6.45, 7) is 7.97. The minimum Gasteiger partial charge on any atom is -0.356 e. The molecule has 0 aromatic carbocycles. The Morgan fingerprint density at radius 3 is 2.47 bits per heavy atom. The van der Waals surface area contributed by atoms with Crippen molar-refractivity contribution in [2.75, 3.05) is 13.1 Å². The molecular weight excluding hydrogens is 188 g/mol. The van der Waals surface area contributed by atoms with E-state index in [1.807, 2.05) is 0 Å². The maximum atomic E-state index is 11.3. The topological polar surface area (TPSA) is 41.1 Å². The third-order valence-corrected chi connectivity index (χ3v) is 2.26. The lowest BCUT2D eigenvalue weighted by Gasteiger charge is -2.08. The van der Waals surface area contributed by atoms with Crippen molar-refractivity contribution in [1.82, 2.24) is 10.6 Å². The van der Waals surface area contributed by atoms with Crippen LogP contribution in [0.15, 0.2) is 0 Å². The summed E-state index contributed by atoms with van der Waals surface area (Å²) < 4.78 is 0. The Hall–Kier alpha value is -0.570. The molecule has 2 N–H and O–H groups in total. The molecule has 15 heavy (non-hydrogen) atoms. The predicted octanol–water partition coefficient (Wildman–Crippen LogP) is 2.07. The molecule has 1 amide bonds. The van der Waals surface area contributed by atoms with Gasteiger partial charge in [-0.2, -0.15) is 0 Å². The summed E-state index contributed by atoms with van der Waals surface area (Å²) in [5.41, 5.74) is 0. The van der Waals surface area contributed by atoms with Crippen LogP contribution in [-0.2, 0) is 4.79 Å². The van der Waals surface area contributed by atoms with Crippen molar-refractivity contribution in [3.8, 4) is 0 Å². The van der Waals surface area contributed by atoms with Gasteiger partial charge in [0.05, 0.1) is 0 Å². The third kappa shape index (κ3) is 11.4. The van der Waals surface area contributed by atoms with Crippen LogP contribution in [0.3, 0.4) is 0 Å². The summed E-state index contributed by atoms with van der Waals surface area (Å²) in [4.78, 5) is 11.3. The molecule has 0 saturated heterocycles. The van der Waals surface area contributed by atoms with Gasteiger partial charge in [-0.05, 0) is 6.42 Å². The highest BCUT2D eigenvalue weighted by atomic mass is 16.1. The van der Waals surface area contributed by atoms with Gasteiger partial charge in [0.25, 0.3) is 0 Å². The van der Waals surface area contributed by atoms with Crippen LogP contribution in [0.25, 0.3) is 0 Å². The number of hydrogen-bond acceptors (Lipinski definition) is 2. The van der Waals surface area contributed by atoms with E-state index in [1.165, 1.54) is 19.3 Å². The van der Waals surface area contributed by atoms with Gasteiger partial charge in [0.1, 0.15) is 0 Å². The number of unbranched alkanes of at least 4 members (excludes halogenated alkanes) is 3. The van der Waals surface area contributed by atoms with Gasteiger partial charge in [0, 0.05) is 25.6 Å². The van der Waals surface area contributed by atoms with E-state index < -0.39 is 0 Å². The van der Waals surface area contributed by atoms with Crippen LogP contribution in [0.4, 0.5) is 0 Å². The number of amides is 1. The van der Waals surface area contributed by atoms with Crippen LogP contribution in [0, 0.1) is 0 Å². The molecular formula is C12H26N2O. The van der Waals surface area contributed by atoms with E-state index in [0.717, 1.165) is 19.5 Å². The van der Waals surface area contributed by atoms with Crippen molar-refractivity contribution in [3.05, 3.63) is 0 Å². The highest BCUT2D eigenvalue weighted by Crippen LogP contribution is 1.96. The predicted molar refractivity (Wildman–Crippen MR) is 64.9 cm³/mol. The molecule has 0 spiro atoms. The molecule has 0 atom stereocenters. The average molecular weight is 214 g/mol. The van der Waals surface area contributed by atoms with Crippen molar-refractivity contribution in [1.29, 1.82) is 0 Å². The normalized spacial score (nSPS) is 10.7. The molecule has 3 heteroatoms. The molecule has 0 aromatic rings. The van der Waals surface area contributed by atoms with Gasteiger partial charge < -0.3 is 10.6 Å². The average Bonchev–Trinajstić information content (AvgIpc) is 2.17. The lowest BCUT2D eigenvalue weighted by atomic mass is 10.2. The minimum absolute atomic E-state index is 0.166. The van der Waals surface area contributed by atoms with Gasteiger partial charge >= 0.3 is 0 Å². The lowest BCUT2D eigenvalue weighted by Crippen LogP contribution is -2.31. The zero-order chi connectivity index (χ0) is 11.5. The van der Waals surface area contributed by atoms with E-state index in [0.29, 0.717) is 12.5 Å². The summed E-state index contributed by atoms with van der Waals surface area (Å²) in [5.74, 6) is 0.166. The quantitative estimate of drug-likeness (QED) is 0.577. The molecule has 0 heterocycles. The van der Waals surface area contributed by atoms with Gasteiger partial charge in [-0.15, -0.1) is 0 Å². The number of rotatable bonds is 9. The first-order chi connectivity index (χ1) is 7.16. The minimum atomic E-state index is 0.166. The van der Waals surface area contributed by atoms with Crippen LogP contribution in [0.2, 0.25) is 0 Å². The van der Waals surface area contributed by atoms with Gasteiger partial charge in [-0.1, -0.05) is 40.0 Å². The summed E-state index contributed by atoms with van der Waals surface area (Å²) in [6.07, 6.45) is 5.43. The van der Waals surface area contributed by atoms with Gasteiger partial charge in [0.15, 0.2) is 0 Å². The van der Waals surface area contributed by atoms with Gasteiger partial charge in [-0.25, -0.2) is 0 Å². The Kier molecular flexibility index (Phi) is 9.59. The smallest absolute Gasteiger partial charge is 0.221 e. The van der Waals surface area contributed by atoms with Crippen LogP contribution < -0.4 is 10.6 Å². The van der Waals surface area contributed by atoms with Crippen molar-refractivity contribution in [2.24, 2.45) is 0 Å². The van der Waals surface area contributed by atoms with Crippen molar-refractivity contribution < 1.29 is 4.79 Å². The largest absolute Gasteiger partial charge is 0.356 e. The standard InChI is InChI=1S/C12H26N2O/c1-4-5-6-7-9-14-12(15)8-10-13-11(2)3/h11,13H,4-10H2,1-3H3,(H,14,15). The Morgan fingerprint density at radius 2 is 1.87 bits per heavy atom. The number of nitrogens with one attached hydrogen (secondary N) is 2. The Bertz CT molecular complexity index is 158. The van der Waals surface area contributed by atoms with Crippen LogP contribution in [0.1, 0.15) is 52.9 Å². The molecule has 90 valence electrons. The zero-order valence-electron chi connectivity index (χ0n) is 10.4. The number of hydrogen-bond donors (Lipinski definition) is 2. The maximum absolute atomic E-state index is 11.3. The summed E-state index contributed by atoms with van der Waals surface area (Å²) in [7, 11) is 0. The Labute approximate surface area is 94.0 Å². The summed E-state index contributed by atoms with van der Waals surface area (Å²) in [6, 6.07) is 0.461. The van der Waals surface area contributed by atoms with Crippen molar-refractivity contribution >= 4 is 5.91 Å². The second-order valence-corrected chi connectivity index (χ2v) is 4.27. The summed E-state index contributed by atoms with van der Waals surface area (Å²) in [5, 5.41) is 6.16. The molecule has 0 bridgehead atoms. The fraction of sp³-hybridized carbons (Fsp3) is 0.917. The van der Waals surface area contributed by atoms with E-state index in [-0.39, 0.29) is 5.91 Å². The molecule has 0 radical (unpaired) electrons. The lowest BCUT2D eigenvalue weighted by molar-refractivity contribution is -0.121. The molecule has 0 aliphatic carbocycles. The van der Waals surface area contributed by atoms with E-state index >= 15 is 0 Å². The number of carbonyl (C=O) groups excluding carboxylic acids is 1. The van der Waals surface area contributed by atoms with E-state index in [9.17, 15) is 4.79 Å². The van der Waals surface area contributed by atoms with Crippen LogP contribution >= 0.6 is 0 Å². The van der Waals surface area contributed by atoms with Crippen molar-refractivity contribution in [3.63, 3.8) is 0 Å². The molecule has 0 fully saturated rings. The highest BCUT2D eigenvalue weighted by molar-refractivity contribution is 5.75. The first-order valence-corrected chi connectivity index (χ1v) is 6.17. The van der Waals surface area contributed by atoms with Crippen molar-refractivity contribution in [2.45, 2.75) is 58.9 Å². The Morgan fingerprint density at radius 1 is 1.13 bits per heavy atom. The van der Waals surface area contributed by atoms with E-state index in [4.69, 9.17) is 0 Å². The van der Waals surface area contributed by atoms with Gasteiger partial charge in [-0.3, -0.25) is 4.79 Å². The fourth-order valence-corrected chi connectivity index (χ4v) is 1.34. The second kappa shape index (κ2) is 9.97. The Balaban J connectivity index is 3.19. The molecule has 0 rings (SSSR count). The van der Waals surface area contributed by atoms with Gasteiger partial charge in [0.2, 0.25) is 5.91 Å². The fourth-order valence-electron chi connectivity index (χ4n) is 1.34. The highest BCUT2D eigenvalue weighted by Gasteiger charge is 2.00. The SMILES string of the molecule is CCCCCCNC(=O)CCNC(C)C. The maximum Gasteiger partial charge on any atom is 0.221 e. The molecule has 3 nitrogen and oxygen atoms in total. The van der Waals surface area contributed by atoms with Crippen LogP contribution in [0.5, 0.6) is 0 Å². The van der Waals surface area contributed by atoms with E-state index in [2.05, 4.69) is 31.4 Å². The summed E-state index contributed by atoms with van der Waals surface area (Å²) >= 11 is 0. The van der Waals surface area contributed by atoms with E-state index in [1.54, 1.807) is 0 Å². The molecule has 0 aliphatic heterocycles. The van der Waals surface area contributed by atoms with Crippen LogP contribution in [-0.4, -0.2) is 25.0 Å². The third-order valence-electron chi connectivity index (χ3n) is 2.26. The second-order valence-electron chi connectivity index (χ2n) is 4.27. The molecule has 0 aliphatic rings. The monoisotopic (exact) mass is 214 g/mol. The molecule has 0 unspecified atom stereocenters. The first kappa shape index (κ1) is 14.4. The number of carbonyl (C=O) groups is 1. The molecule has 0 saturated carbocycles. The molecule has 0 aromatic heterocycles.